The van der Waals surface area contributed by atoms with Gasteiger partial charge in [-0.25, -0.2) is 0 Å². The topological polar surface area (TPSA) is 42.1 Å². The van der Waals surface area contributed by atoms with Crippen molar-refractivity contribution in [3.8, 4) is 5.75 Å². The van der Waals surface area contributed by atoms with Crippen molar-refractivity contribution < 1.29 is 9.53 Å². The van der Waals surface area contributed by atoms with Crippen LogP contribution >= 0.6 is 15.9 Å². The summed E-state index contributed by atoms with van der Waals surface area (Å²) in [6, 6.07) is 3.75. The second-order valence-electron chi connectivity index (χ2n) is 2.86. The number of rotatable bonds is 2. The molecule has 0 saturated heterocycles. The molecule has 1 aromatic carbocycles. The Bertz CT molecular complexity index is 490. The van der Waals surface area contributed by atoms with E-state index in [4.69, 9.17) is 4.74 Å². The lowest BCUT2D eigenvalue weighted by Gasteiger charge is -2.06. The monoisotopic (exact) mass is 253 g/mol. The van der Waals surface area contributed by atoms with Crippen molar-refractivity contribution in [2.75, 3.05) is 7.11 Å². The first-order valence-electron chi connectivity index (χ1n) is 4.06. The molecule has 1 N–H and O–H groups in total. The van der Waals surface area contributed by atoms with Gasteiger partial charge in [-0.3, -0.25) is 4.79 Å². The zero-order chi connectivity index (χ0) is 10.1. The number of halogens is 1. The van der Waals surface area contributed by atoms with Crippen LogP contribution in [-0.2, 0) is 0 Å². The van der Waals surface area contributed by atoms with Gasteiger partial charge in [-0.2, -0.15) is 0 Å². The van der Waals surface area contributed by atoms with Crippen LogP contribution in [0.2, 0.25) is 0 Å². The highest BCUT2D eigenvalue weighted by Crippen LogP contribution is 2.33. The number of fused-ring (bicyclic) bond motifs is 1. The van der Waals surface area contributed by atoms with E-state index < -0.39 is 0 Å². The SMILES string of the molecule is COc1c(Br)cc2[nH]ccc2c1C=O. The van der Waals surface area contributed by atoms with Gasteiger partial charge in [0.15, 0.2) is 6.29 Å². The van der Waals surface area contributed by atoms with E-state index in [0.29, 0.717) is 11.3 Å². The van der Waals surface area contributed by atoms with E-state index in [-0.39, 0.29) is 0 Å². The molecule has 14 heavy (non-hydrogen) atoms. The Hall–Kier alpha value is -1.29. The van der Waals surface area contributed by atoms with Gasteiger partial charge in [-0.15, -0.1) is 0 Å². The van der Waals surface area contributed by atoms with Gasteiger partial charge in [0.2, 0.25) is 0 Å². The molecule has 0 fully saturated rings. The predicted octanol–water partition coefficient (Wildman–Crippen LogP) is 2.75. The third kappa shape index (κ3) is 1.23. The average Bonchev–Trinajstić information content (AvgIpc) is 2.62. The maximum absolute atomic E-state index is 10.9. The Balaban J connectivity index is 2.88. The number of benzene rings is 1. The zero-order valence-corrected chi connectivity index (χ0v) is 9.09. The van der Waals surface area contributed by atoms with Crippen molar-refractivity contribution in [1.29, 1.82) is 0 Å². The van der Waals surface area contributed by atoms with Crippen LogP contribution in [0.15, 0.2) is 22.8 Å². The molecular formula is C10H8BrNO2. The molecule has 0 aliphatic carbocycles. The van der Waals surface area contributed by atoms with Crippen molar-refractivity contribution in [2.24, 2.45) is 0 Å². The molecule has 0 saturated carbocycles. The third-order valence-corrected chi connectivity index (χ3v) is 2.71. The maximum Gasteiger partial charge on any atom is 0.154 e. The Kier molecular flexibility index (Phi) is 2.29. The molecule has 0 atom stereocenters. The lowest BCUT2D eigenvalue weighted by Crippen LogP contribution is -1.92. The van der Waals surface area contributed by atoms with Crippen LogP contribution in [0.3, 0.4) is 0 Å². The molecule has 2 aromatic rings. The second-order valence-corrected chi connectivity index (χ2v) is 3.72. The van der Waals surface area contributed by atoms with E-state index in [9.17, 15) is 4.79 Å². The minimum atomic E-state index is 0.568. The number of methoxy groups -OCH3 is 1. The van der Waals surface area contributed by atoms with Crippen molar-refractivity contribution in [1.82, 2.24) is 4.98 Å². The van der Waals surface area contributed by atoms with Crippen molar-refractivity contribution in [2.45, 2.75) is 0 Å². The van der Waals surface area contributed by atoms with Crippen LogP contribution in [0.1, 0.15) is 10.4 Å². The minimum absolute atomic E-state index is 0.568. The van der Waals surface area contributed by atoms with Gasteiger partial charge in [0.25, 0.3) is 0 Å². The zero-order valence-electron chi connectivity index (χ0n) is 7.50. The summed E-state index contributed by atoms with van der Waals surface area (Å²) in [5.41, 5.74) is 1.48. The van der Waals surface area contributed by atoms with Gasteiger partial charge in [0, 0.05) is 17.1 Å². The number of hydrogen-bond donors (Lipinski definition) is 1. The molecule has 1 aromatic heterocycles. The largest absolute Gasteiger partial charge is 0.495 e. The number of nitrogens with one attached hydrogen (secondary N) is 1. The van der Waals surface area contributed by atoms with Crippen LogP contribution in [0.4, 0.5) is 0 Å². The Labute approximate surface area is 89.2 Å². The summed E-state index contributed by atoms with van der Waals surface area (Å²) in [7, 11) is 1.55. The molecule has 0 unspecified atom stereocenters. The Morgan fingerprint density at radius 3 is 3.00 bits per heavy atom. The van der Waals surface area contributed by atoms with Crippen molar-refractivity contribution in [3.63, 3.8) is 0 Å². The number of H-pyrrole nitrogens is 1. The quantitative estimate of drug-likeness (QED) is 0.837. The summed E-state index contributed by atoms with van der Waals surface area (Å²) in [5, 5.41) is 0.875. The molecule has 1 heterocycles. The van der Waals surface area contributed by atoms with Gasteiger partial charge < -0.3 is 9.72 Å². The second kappa shape index (κ2) is 3.46. The van der Waals surface area contributed by atoms with Gasteiger partial charge in [-0.05, 0) is 28.1 Å². The first-order chi connectivity index (χ1) is 6.77. The summed E-state index contributed by atoms with van der Waals surface area (Å²) in [6.45, 7) is 0. The molecule has 4 heteroatoms. The fraction of sp³-hybridized carbons (Fsp3) is 0.100. The summed E-state index contributed by atoms with van der Waals surface area (Å²) in [4.78, 5) is 14.0. The molecule has 0 amide bonds. The van der Waals surface area contributed by atoms with Crippen molar-refractivity contribution >= 4 is 33.1 Å². The number of aromatic nitrogens is 1. The molecule has 72 valence electrons. The standard InChI is InChI=1S/C10H8BrNO2/c1-14-10-7(5-13)6-2-3-12-9(6)4-8(10)11/h2-5,12H,1H3. The number of aromatic amines is 1. The minimum Gasteiger partial charge on any atom is -0.495 e. The highest BCUT2D eigenvalue weighted by Gasteiger charge is 2.12. The lowest BCUT2D eigenvalue weighted by molar-refractivity contribution is 0.112. The van der Waals surface area contributed by atoms with Crippen LogP contribution < -0.4 is 4.74 Å². The first-order valence-corrected chi connectivity index (χ1v) is 4.86. The van der Waals surface area contributed by atoms with Crippen LogP contribution in [0.5, 0.6) is 5.75 Å². The average molecular weight is 254 g/mol. The molecule has 2 rings (SSSR count). The van der Waals surface area contributed by atoms with Gasteiger partial charge in [0.05, 0.1) is 17.1 Å². The van der Waals surface area contributed by atoms with E-state index in [0.717, 1.165) is 21.7 Å². The number of ether oxygens (including phenoxy) is 1. The van der Waals surface area contributed by atoms with Gasteiger partial charge >= 0.3 is 0 Å². The number of carbonyl (C=O) groups is 1. The molecule has 0 aliphatic heterocycles. The number of aldehydes is 1. The lowest BCUT2D eigenvalue weighted by atomic mass is 10.1. The third-order valence-electron chi connectivity index (χ3n) is 2.12. The molecule has 0 aliphatic rings. The van der Waals surface area contributed by atoms with E-state index in [1.54, 1.807) is 13.3 Å². The normalized spacial score (nSPS) is 10.4. The van der Waals surface area contributed by atoms with E-state index in [1.807, 2.05) is 12.1 Å². The highest BCUT2D eigenvalue weighted by molar-refractivity contribution is 9.10. The Morgan fingerprint density at radius 2 is 2.36 bits per heavy atom. The molecule has 0 bridgehead atoms. The van der Waals surface area contributed by atoms with Crippen molar-refractivity contribution in [3.05, 3.63) is 28.4 Å². The fourth-order valence-corrected chi connectivity index (χ4v) is 2.11. The van der Waals surface area contributed by atoms with E-state index in [2.05, 4.69) is 20.9 Å². The van der Waals surface area contributed by atoms with Crippen LogP contribution in [0, 0.1) is 0 Å². The maximum atomic E-state index is 10.9. The predicted molar refractivity (Wildman–Crippen MR) is 57.9 cm³/mol. The summed E-state index contributed by atoms with van der Waals surface area (Å²) < 4.78 is 5.93. The fourth-order valence-electron chi connectivity index (χ4n) is 1.50. The van der Waals surface area contributed by atoms with E-state index in [1.165, 1.54) is 0 Å². The van der Waals surface area contributed by atoms with Gasteiger partial charge in [-0.1, -0.05) is 0 Å². The number of hydrogen-bond acceptors (Lipinski definition) is 2. The summed E-state index contributed by atoms with van der Waals surface area (Å²) in [6.07, 6.45) is 2.60. The first kappa shape index (κ1) is 9.27. The van der Waals surface area contributed by atoms with Crippen LogP contribution in [0.25, 0.3) is 10.9 Å². The molecule has 0 spiro atoms. The van der Waals surface area contributed by atoms with Gasteiger partial charge in [0.1, 0.15) is 5.75 Å². The van der Waals surface area contributed by atoms with Crippen LogP contribution in [-0.4, -0.2) is 18.4 Å². The van der Waals surface area contributed by atoms with E-state index >= 15 is 0 Å². The highest BCUT2D eigenvalue weighted by atomic mass is 79.9. The molecule has 3 nitrogen and oxygen atoms in total. The number of carbonyl (C=O) groups excluding carboxylic acids is 1. The smallest absolute Gasteiger partial charge is 0.154 e. The summed E-state index contributed by atoms with van der Waals surface area (Å²) >= 11 is 3.35. The Morgan fingerprint density at radius 1 is 1.57 bits per heavy atom. The summed E-state index contributed by atoms with van der Waals surface area (Å²) in [5.74, 6) is 0.576. The molecular weight excluding hydrogens is 246 g/mol. The molecule has 0 radical (unpaired) electrons.